The van der Waals surface area contributed by atoms with Crippen molar-refractivity contribution in [1.29, 1.82) is 0 Å². The lowest BCUT2D eigenvalue weighted by Gasteiger charge is -2.26. The second kappa shape index (κ2) is 10.5. The van der Waals surface area contributed by atoms with Crippen molar-refractivity contribution in [1.82, 2.24) is 0 Å². The fourth-order valence-electron chi connectivity index (χ4n) is 4.18. The molecule has 1 aliphatic rings. The first-order valence-electron chi connectivity index (χ1n) is 11.8. The Morgan fingerprint density at radius 1 is 0.973 bits per heavy atom. The molecule has 0 spiro atoms. The fourth-order valence-corrected chi connectivity index (χ4v) is 4.18. The van der Waals surface area contributed by atoms with Crippen LogP contribution in [0.25, 0.3) is 5.76 Å². The lowest BCUT2D eigenvalue weighted by Crippen LogP contribution is -2.29. The predicted molar refractivity (Wildman–Crippen MR) is 138 cm³/mol. The Labute approximate surface area is 213 Å². The largest absolute Gasteiger partial charge is 0.507 e. The summed E-state index contributed by atoms with van der Waals surface area (Å²) in [5, 5.41) is 22.2. The van der Waals surface area contributed by atoms with Gasteiger partial charge in [0.2, 0.25) is 0 Å². The van der Waals surface area contributed by atoms with Gasteiger partial charge in [-0.1, -0.05) is 12.1 Å². The van der Waals surface area contributed by atoms with Gasteiger partial charge in [-0.25, -0.2) is 0 Å². The third-order valence-corrected chi connectivity index (χ3v) is 5.79. The van der Waals surface area contributed by atoms with E-state index in [1.807, 2.05) is 20.8 Å². The zero-order valence-corrected chi connectivity index (χ0v) is 20.6. The summed E-state index contributed by atoms with van der Waals surface area (Å²) >= 11 is 0. The molecule has 0 saturated carbocycles. The van der Waals surface area contributed by atoms with Gasteiger partial charge in [0.25, 0.3) is 17.4 Å². The standard InChI is InChI=1S/C28H26N2O7/c1-4-36-22-15-11-20(12-16-22)29-25(18-7-13-23(14-8-18)37-17(2)3)24(27(32)28(29)33)26(31)19-5-9-21(10-6-19)30(34)35/h5-17,25,31H,4H2,1-3H3/b26-24-. The van der Waals surface area contributed by atoms with Crippen molar-refractivity contribution in [2.24, 2.45) is 0 Å². The van der Waals surface area contributed by atoms with Crippen LogP contribution in [0.5, 0.6) is 11.5 Å². The quantitative estimate of drug-likeness (QED) is 0.144. The van der Waals surface area contributed by atoms with E-state index in [0.29, 0.717) is 29.4 Å². The topological polar surface area (TPSA) is 119 Å². The molecule has 190 valence electrons. The molecule has 0 aromatic heterocycles. The number of ketones is 1. The first-order chi connectivity index (χ1) is 17.7. The van der Waals surface area contributed by atoms with Crippen molar-refractivity contribution in [3.05, 3.63) is 99.6 Å². The monoisotopic (exact) mass is 502 g/mol. The number of Topliss-reactive ketones (excluding diaryl/α,β-unsaturated/α-hetero) is 1. The number of rotatable bonds is 8. The average molecular weight is 503 g/mol. The normalized spacial score (nSPS) is 16.8. The van der Waals surface area contributed by atoms with Crippen molar-refractivity contribution in [3.8, 4) is 11.5 Å². The highest BCUT2D eigenvalue weighted by Gasteiger charge is 2.47. The van der Waals surface area contributed by atoms with E-state index in [-0.39, 0.29) is 22.9 Å². The highest BCUT2D eigenvalue weighted by Crippen LogP contribution is 2.43. The molecule has 3 aromatic carbocycles. The summed E-state index contributed by atoms with van der Waals surface area (Å²) in [5.74, 6) is -0.862. The molecule has 37 heavy (non-hydrogen) atoms. The zero-order valence-electron chi connectivity index (χ0n) is 20.6. The molecule has 0 bridgehead atoms. The molecule has 1 amide bonds. The average Bonchev–Trinajstić information content (AvgIpc) is 3.14. The van der Waals surface area contributed by atoms with Gasteiger partial charge in [-0.2, -0.15) is 0 Å². The Balaban J connectivity index is 1.84. The van der Waals surface area contributed by atoms with E-state index in [1.54, 1.807) is 48.5 Å². The van der Waals surface area contributed by atoms with Gasteiger partial charge in [0, 0.05) is 23.4 Å². The maximum Gasteiger partial charge on any atom is 0.300 e. The number of nitro benzene ring substituents is 1. The predicted octanol–water partition coefficient (Wildman–Crippen LogP) is 5.41. The van der Waals surface area contributed by atoms with Crippen molar-refractivity contribution >= 4 is 28.8 Å². The Morgan fingerprint density at radius 3 is 2.11 bits per heavy atom. The number of nitrogens with zero attached hydrogens (tertiary/aromatic N) is 2. The van der Waals surface area contributed by atoms with Gasteiger partial charge in [0.15, 0.2) is 0 Å². The fraction of sp³-hybridized carbons (Fsp3) is 0.214. The summed E-state index contributed by atoms with van der Waals surface area (Å²) < 4.78 is 11.2. The molecular weight excluding hydrogens is 476 g/mol. The summed E-state index contributed by atoms with van der Waals surface area (Å²) in [4.78, 5) is 38.4. The molecule has 1 heterocycles. The minimum Gasteiger partial charge on any atom is -0.507 e. The van der Waals surface area contributed by atoms with Crippen LogP contribution >= 0.6 is 0 Å². The zero-order chi connectivity index (χ0) is 26.7. The van der Waals surface area contributed by atoms with Gasteiger partial charge < -0.3 is 14.6 Å². The molecule has 3 aromatic rings. The van der Waals surface area contributed by atoms with Crippen molar-refractivity contribution in [2.75, 3.05) is 11.5 Å². The minimum absolute atomic E-state index is 0.0394. The first-order valence-corrected chi connectivity index (χ1v) is 11.8. The number of amides is 1. The SMILES string of the molecule is CCOc1ccc(N2C(=O)C(=O)/C(=C(\O)c3ccc([N+](=O)[O-])cc3)C2c2ccc(OC(C)C)cc2)cc1. The molecule has 0 aliphatic carbocycles. The number of non-ortho nitro benzene ring substituents is 1. The molecule has 9 heteroatoms. The lowest BCUT2D eigenvalue weighted by atomic mass is 9.95. The third-order valence-electron chi connectivity index (χ3n) is 5.79. The molecule has 1 unspecified atom stereocenters. The number of aliphatic hydroxyl groups excluding tert-OH is 1. The van der Waals surface area contributed by atoms with E-state index in [9.17, 15) is 24.8 Å². The Morgan fingerprint density at radius 2 is 1.57 bits per heavy atom. The smallest absolute Gasteiger partial charge is 0.300 e. The maximum atomic E-state index is 13.3. The van der Waals surface area contributed by atoms with E-state index in [2.05, 4.69) is 0 Å². The van der Waals surface area contributed by atoms with E-state index in [1.165, 1.54) is 29.2 Å². The highest BCUT2D eigenvalue weighted by molar-refractivity contribution is 6.51. The summed E-state index contributed by atoms with van der Waals surface area (Å²) in [5.41, 5.74) is 0.919. The van der Waals surface area contributed by atoms with Gasteiger partial charge in [-0.15, -0.1) is 0 Å². The number of nitro groups is 1. The number of ether oxygens (including phenoxy) is 2. The number of anilines is 1. The molecule has 1 saturated heterocycles. The van der Waals surface area contributed by atoms with E-state index >= 15 is 0 Å². The lowest BCUT2D eigenvalue weighted by molar-refractivity contribution is -0.384. The molecule has 1 aliphatic heterocycles. The number of carbonyl (C=O) groups excluding carboxylic acids is 2. The molecule has 4 rings (SSSR count). The van der Waals surface area contributed by atoms with Gasteiger partial charge in [-0.05, 0) is 74.9 Å². The second-order valence-electron chi connectivity index (χ2n) is 8.64. The van der Waals surface area contributed by atoms with Crippen LogP contribution in [0, 0.1) is 10.1 Å². The Bertz CT molecular complexity index is 1340. The number of aliphatic hydroxyl groups is 1. The highest BCUT2D eigenvalue weighted by atomic mass is 16.6. The van der Waals surface area contributed by atoms with Crippen LogP contribution in [0.2, 0.25) is 0 Å². The van der Waals surface area contributed by atoms with Crippen LogP contribution in [0.4, 0.5) is 11.4 Å². The maximum absolute atomic E-state index is 13.3. The summed E-state index contributed by atoms with van der Waals surface area (Å²) in [6.45, 7) is 6.14. The Hall–Kier alpha value is -4.66. The molecular formula is C28H26N2O7. The molecule has 1 fully saturated rings. The van der Waals surface area contributed by atoms with Crippen molar-refractivity contribution in [2.45, 2.75) is 32.9 Å². The minimum atomic E-state index is -0.943. The molecule has 9 nitrogen and oxygen atoms in total. The first kappa shape index (κ1) is 25.4. The number of hydrogen-bond donors (Lipinski definition) is 1. The van der Waals surface area contributed by atoms with Crippen LogP contribution in [0.1, 0.15) is 37.9 Å². The molecule has 0 radical (unpaired) electrons. The summed E-state index contributed by atoms with van der Waals surface area (Å²) in [7, 11) is 0. The summed E-state index contributed by atoms with van der Waals surface area (Å²) in [6.07, 6.45) is -0.0394. The second-order valence-corrected chi connectivity index (χ2v) is 8.64. The van der Waals surface area contributed by atoms with E-state index in [0.717, 1.165) is 0 Å². The van der Waals surface area contributed by atoms with Crippen LogP contribution in [0.3, 0.4) is 0 Å². The number of benzene rings is 3. The van der Waals surface area contributed by atoms with Crippen LogP contribution in [0.15, 0.2) is 78.4 Å². The summed E-state index contributed by atoms with van der Waals surface area (Å²) in [6, 6.07) is 17.9. The number of carbonyl (C=O) groups is 2. The van der Waals surface area contributed by atoms with E-state index < -0.39 is 28.4 Å². The Kier molecular flexibility index (Phi) is 7.24. The van der Waals surface area contributed by atoms with Crippen molar-refractivity contribution < 1.29 is 29.1 Å². The number of hydrogen-bond acceptors (Lipinski definition) is 7. The van der Waals surface area contributed by atoms with Crippen LogP contribution < -0.4 is 14.4 Å². The van der Waals surface area contributed by atoms with E-state index in [4.69, 9.17) is 9.47 Å². The van der Waals surface area contributed by atoms with Gasteiger partial charge in [0.1, 0.15) is 17.3 Å². The third kappa shape index (κ3) is 5.16. The van der Waals surface area contributed by atoms with Gasteiger partial charge in [-0.3, -0.25) is 24.6 Å². The molecule has 1 atom stereocenters. The molecule has 1 N–H and O–H groups in total. The van der Waals surface area contributed by atoms with Crippen LogP contribution in [-0.2, 0) is 9.59 Å². The van der Waals surface area contributed by atoms with Gasteiger partial charge >= 0.3 is 0 Å². The van der Waals surface area contributed by atoms with Crippen molar-refractivity contribution in [3.63, 3.8) is 0 Å². The van der Waals surface area contributed by atoms with Crippen LogP contribution in [-0.4, -0.2) is 34.4 Å². The van der Waals surface area contributed by atoms with Gasteiger partial charge in [0.05, 0.1) is 29.2 Å².